The van der Waals surface area contributed by atoms with Crippen LogP contribution in [0.5, 0.6) is 0 Å². The van der Waals surface area contributed by atoms with Gasteiger partial charge in [0.05, 0.1) is 13.1 Å². The summed E-state index contributed by atoms with van der Waals surface area (Å²) in [5.74, 6) is 2.52. The Kier molecular flexibility index (Phi) is 9.21. The van der Waals surface area contributed by atoms with E-state index in [1.807, 2.05) is 0 Å². The molecule has 2 heterocycles. The van der Waals surface area contributed by atoms with E-state index in [1.54, 1.807) is 0 Å². The van der Waals surface area contributed by atoms with E-state index in [0.717, 1.165) is 64.9 Å². The summed E-state index contributed by atoms with van der Waals surface area (Å²) in [5.41, 5.74) is 0.121. The van der Waals surface area contributed by atoms with Gasteiger partial charge in [0.1, 0.15) is 0 Å². The van der Waals surface area contributed by atoms with E-state index >= 15 is 0 Å². The molecule has 0 spiro atoms. The normalized spacial score (nSPS) is 24.7. The van der Waals surface area contributed by atoms with Crippen LogP contribution in [0.25, 0.3) is 0 Å². The molecule has 0 saturated carbocycles. The Balaban J connectivity index is 1.79. The van der Waals surface area contributed by atoms with Crippen molar-refractivity contribution < 1.29 is 4.79 Å². The van der Waals surface area contributed by atoms with Crippen LogP contribution in [-0.4, -0.2) is 97.6 Å². The molecule has 29 heavy (non-hydrogen) atoms. The number of guanidine groups is 1. The monoisotopic (exact) mass is 408 g/mol. The van der Waals surface area contributed by atoms with Crippen molar-refractivity contribution in [2.45, 2.75) is 53.5 Å². The summed E-state index contributed by atoms with van der Waals surface area (Å²) in [4.78, 5) is 24.3. The van der Waals surface area contributed by atoms with E-state index in [4.69, 9.17) is 4.99 Å². The van der Waals surface area contributed by atoms with Crippen LogP contribution in [0, 0.1) is 11.8 Å². The van der Waals surface area contributed by atoms with Crippen LogP contribution in [0.3, 0.4) is 0 Å². The molecule has 2 rings (SSSR count). The SMILES string of the molecule is CCNC(=NCCNC(C)(C)C)N1CCN(CC(=O)N2CC(C)CC(C)C2)CC1. The van der Waals surface area contributed by atoms with Gasteiger partial charge in [-0.15, -0.1) is 0 Å². The maximum absolute atomic E-state index is 12.8. The van der Waals surface area contributed by atoms with Crippen molar-refractivity contribution >= 4 is 11.9 Å². The molecule has 0 aliphatic carbocycles. The first-order chi connectivity index (χ1) is 13.7. The number of carbonyl (C=O) groups is 1. The standard InChI is InChI=1S/C22H44N6O/c1-7-23-21(24-8-9-25-22(4,5)6)27-12-10-26(11-13-27)17-20(29)28-15-18(2)14-19(3)16-28/h18-19,25H,7-17H2,1-6H3,(H,23,24). The lowest BCUT2D eigenvalue weighted by Gasteiger charge is -2.39. The largest absolute Gasteiger partial charge is 0.357 e. The zero-order chi connectivity index (χ0) is 21.4. The first-order valence-electron chi connectivity index (χ1n) is 11.5. The van der Waals surface area contributed by atoms with Crippen LogP contribution in [0.2, 0.25) is 0 Å². The van der Waals surface area contributed by atoms with Crippen molar-refractivity contribution in [3.8, 4) is 0 Å². The van der Waals surface area contributed by atoms with Gasteiger partial charge in [-0.05, 0) is 46.0 Å². The summed E-state index contributed by atoms with van der Waals surface area (Å²) in [6.45, 7) is 21.7. The van der Waals surface area contributed by atoms with Crippen molar-refractivity contribution in [2.75, 3.05) is 65.4 Å². The van der Waals surface area contributed by atoms with E-state index in [0.29, 0.717) is 24.3 Å². The van der Waals surface area contributed by atoms with Gasteiger partial charge in [0.2, 0.25) is 5.91 Å². The molecule has 2 unspecified atom stereocenters. The van der Waals surface area contributed by atoms with Gasteiger partial charge in [0.15, 0.2) is 5.96 Å². The molecule has 0 radical (unpaired) electrons. The molecule has 2 atom stereocenters. The second-order valence-electron chi connectivity index (χ2n) is 9.92. The number of nitrogens with one attached hydrogen (secondary N) is 2. The molecule has 2 aliphatic heterocycles. The molecule has 2 aliphatic rings. The van der Waals surface area contributed by atoms with E-state index in [2.05, 4.69) is 66.9 Å². The van der Waals surface area contributed by atoms with Crippen LogP contribution in [0.1, 0.15) is 48.0 Å². The predicted octanol–water partition coefficient (Wildman–Crippen LogP) is 1.46. The number of carbonyl (C=O) groups excluding carboxylic acids is 1. The summed E-state index contributed by atoms with van der Waals surface area (Å²) in [7, 11) is 0. The average Bonchev–Trinajstić information content (AvgIpc) is 2.63. The van der Waals surface area contributed by atoms with Gasteiger partial charge in [0.25, 0.3) is 0 Å². The fourth-order valence-corrected chi connectivity index (χ4v) is 4.29. The molecule has 2 saturated heterocycles. The van der Waals surface area contributed by atoms with Gasteiger partial charge in [-0.2, -0.15) is 0 Å². The Hall–Kier alpha value is -1.34. The smallest absolute Gasteiger partial charge is 0.236 e. The molecule has 0 aromatic heterocycles. The number of nitrogens with zero attached hydrogens (tertiary/aromatic N) is 4. The minimum atomic E-state index is 0.121. The van der Waals surface area contributed by atoms with Gasteiger partial charge in [0, 0.05) is 57.9 Å². The lowest BCUT2D eigenvalue weighted by molar-refractivity contribution is -0.135. The van der Waals surface area contributed by atoms with Crippen LogP contribution in [0.15, 0.2) is 4.99 Å². The number of hydrogen-bond donors (Lipinski definition) is 2. The topological polar surface area (TPSA) is 63.2 Å². The van der Waals surface area contributed by atoms with Crippen LogP contribution < -0.4 is 10.6 Å². The highest BCUT2D eigenvalue weighted by atomic mass is 16.2. The van der Waals surface area contributed by atoms with Crippen molar-refractivity contribution in [2.24, 2.45) is 16.8 Å². The summed E-state index contributed by atoms with van der Waals surface area (Å²) < 4.78 is 0. The molecule has 1 amide bonds. The number of likely N-dealkylation sites (tertiary alicyclic amines) is 1. The first kappa shape index (κ1) is 23.9. The number of piperidine rings is 1. The first-order valence-corrected chi connectivity index (χ1v) is 11.5. The summed E-state index contributed by atoms with van der Waals surface area (Å²) in [5, 5.41) is 6.91. The molecule has 2 N–H and O–H groups in total. The third-order valence-corrected chi connectivity index (χ3v) is 5.62. The Morgan fingerprint density at radius 2 is 1.66 bits per heavy atom. The third kappa shape index (κ3) is 8.51. The highest BCUT2D eigenvalue weighted by Crippen LogP contribution is 2.21. The number of piperazine rings is 1. The van der Waals surface area contributed by atoms with Gasteiger partial charge < -0.3 is 20.4 Å². The fourth-order valence-electron chi connectivity index (χ4n) is 4.29. The Morgan fingerprint density at radius 1 is 1.03 bits per heavy atom. The van der Waals surface area contributed by atoms with Gasteiger partial charge >= 0.3 is 0 Å². The van der Waals surface area contributed by atoms with Crippen LogP contribution in [0.4, 0.5) is 0 Å². The van der Waals surface area contributed by atoms with Gasteiger partial charge in [-0.25, -0.2) is 0 Å². The van der Waals surface area contributed by atoms with Crippen LogP contribution in [-0.2, 0) is 4.79 Å². The maximum atomic E-state index is 12.8. The number of rotatable bonds is 6. The second-order valence-corrected chi connectivity index (χ2v) is 9.92. The number of aliphatic imine (C=N–C) groups is 1. The maximum Gasteiger partial charge on any atom is 0.236 e. The van der Waals surface area contributed by atoms with Crippen molar-refractivity contribution in [3.05, 3.63) is 0 Å². The quantitative estimate of drug-likeness (QED) is 0.396. The second kappa shape index (κ2) is 11.2. The minimum Gasteiger partial charge on any atom is -0.357 e. The van der Waals surface area contributed by atoms with E-state index in [9.17, 15) is 4.79 Å². The lowest BCUT2D eigenvalue weighted by atomic mass is 9.92. The molecule has 0 bridgehead atoms. The summed E-state index contributed by atoms with van der Waals surface area (Å²) in [6, 6.07) is 0. The highest BCUT2D eigenvalue weighted by Gasteiger charge is 2.28. The predicted molar refractivity (Wildman–Crippen MR) is 121 cm³/mol. The van der Waals surface area contributed by atoms with Gasteiger partial charge in [-0.3, -0.25) is 14.7 Å². The van der Waals surface area contributed by atoms with Crippen LogP contribution >= 0.6 is 0 Å². The third-order valence-electron chi connectivity index (χ3n) is 5.62. The van der Waals surface area contributed by atoms with Crippen molar-refractivity contribution in [3.63, 3.8) is 0 Å². The highest BCUT2D eigenvalue weighted by molar-refractivity contribution is 5.80. The van der Waals surface area contributed by atoms with Crippen molar-refractivity contribution in [1.29, 1.82) is 0 Å². The number of hydrogen-bond acceptors (Lipinski definition) is 4. The average molecular weight is 409 g/mol. The Morgan fingerprint density at radius 3 is 2.21 bits per heavy atom. The van der Waals surface area contributed by atoms with E-state index in [1.165, 1.54) is 6.42 Å². The number of amides is 1. The van der Waals surface area contributed by atoms with E-state index < -0.39 is 0 Å². The molecule has 168 valence electrons. The fraction of sp³-hybridized carbons (Fsp3) is 0.909. The molecule has 7 heteroatoms. The molecular weight excluding hydrogens is 364 g/mol. The summed E-state index contributed by atoms with van der Waals surface area (Å²) >= 11 is 0. The Bertz CT molecular complexity index is 526. The zero-order valence-corrected chi connectivity index (χ0v) is 19.6. The Labute approximate surface area is 178 Å². The molecule has 2 fully saturated rings. The van der Waals surface area contributed by atoms with Gasteiger partial charge in [-0.1, -0.05) is 13.8 Å². The molecular formula is C22H44N6O. The minimum absolute atomic E-state index is 0.121. The lowest BCUT2D eigenvalue weighted by Crippen LogP contribution is -2.55. The molecule has 0 aromatic carbocycles. The zero-order valence-electron chi connectivity index (χ0n) is 19.6. The van der Waals surface area contributed by atoms with E-state index in [-0.39, 0.29) is 5.54 Å². The molecule has 0 aromatic rings. The van der Waals surface area contributed by atoms with Crippen molar-refractivity contribution in [1.82, 2.24) is 25.3 Å². The summed E-state index contributed by atoms with van der Waals surface area (Å²) in [6.07, 6.45) is 1.24. The molecule has 7 nitrogen and oxygen atoms in total.